The van der Waals surface area contributed by atoms with Gasteiger partial charge in [-0.2, -0.15) is 0 Å². The molecule has 2 aromatic rings. The molecule has 0 aliphatic carbocycles. The third-order valence-electron chi connectivity index (χ3n) is 5.21. The van der Waals surface area contributed by atoms with Crippen molar-refractivity contribution in [1.82, 2.24) is 15.4 Å². The summed E-state index contributed by atoms with van der Waals surface area (Å²) in [5, 5.41) is 7.42. The molecule has 0 spiro atoms. The summed E-state index contributed by atoms with van der Waals surface area (Å²) in [4.78, 5) is 15.2. The van der Waals surface area contributed by atoms with Gasteiger partial charge in [0.2, 0.25) is 0 Å². The van der Waals surface area contributed by atoms with Crippen LogP contribution in [0.5, 0.6) is 0 Å². The van der Waals surface area contributed by atoms with Crippen molar-refractivity contribution in [3.8, 4) is 0 Å². The molecule has 1 amide bonds. The topological polar surface area (TPSA) is 58.4 Å². The van der Waals surface area contributed by atoms with Crippen LogP contribution in [-0.4, -0.2) is 35.6 Å². The molecule has 5 nitrogen and oxygen atoms in total. The van der Waals surface area contributed by atoms with Crippen molar-refractivity contribution in [1.29, 1.82) is 0 Å². The maximum Gasteiger partial charge on any atom is 0.259 e. The lowest BCUT2D eigenvalue weighted by Gasteiger charge is -2.28. The Labute approximate surface area is 147 Å². The third-order valence-corrected chi connectivity index (χ3v) is 5.21. The van der Waals surface area contributed by atoms with Crippen LogP contribution in [0.15, 0.2) is 34.9 Å². The summed E-state index contributed by atoms with van der Waals surface area (Å²) < 4.78 is 5.20. The highest BCUT2D eigenvalue weighted by molar-refractivity contribution is 5.96. The minimum absolute atomic E-state index is 0. The quantitative estimate of drug-likeness (QED) is 0.907. The van der Waals surface area contributed by atoms with E-state index in [0.717, 1.165) is 19.6 Å². The van der Waals surface area contributed by atoms with Crippen molar-refractivity contribution in [2.24, 2.45) is 11.8 Å². The van der Waals surface area contributed by atoms with Crippen LogP contribution in [0.1, 0.15) is 33.4 Å². The highest BCUT2D eigenvalue weighted by Crippen LogP contribution is 2.43. The zero-order valence-corrected chi connectivity index (χ0v) is 14.7. The molecule has 128 valence electrons. The fourth-order valence-electron chi connectivity index (χ4n) is 4.14. The second kappa shape index (κ2) is 6.57. The molecule has 1 N–H and O–H groups in total. The molecular weight excluding hydrogens is 326 g/mol. The molecule has 6 heteroatoms. The average Bonchev–Trinajstić information content (AvgIpc) is 3.22. The number of aromatic nitrogens is 1. The summed E-state index contributed by atoms with van der Waals surface area (Å²) >= 11 is 0. The number of carbonyl (C=O) groups excluding carboxylic acids is 1. The number of aryl methyl sites for hydroxylation is 2. The number of nitrogens with zero attached hydrogens (tertiary/aromatic N) is 2. The van der Waals surface area contributed by atoms with E-state index in [0.29, 0.717) is 28.9 Å². The number of halogens is 1. The van der Waals surface area contributed by atoms with E-state index >= 15 is 0 Å². The van der Waals surface area contributed by atoms with E-state index in [-0.39, 0.29) is 24.4 Å². The summed E-state index contributed by atoms with van der Waals surface area (Å²) in [5.41, 5.74) is 2.51. The summed E-state index contributed by atoms with van der Waals surface area (Å²) in [6.07, 6.45) is 0. The molecule has 3 heterocycles. The lowest BCUT2D eigenvalue weighted by Crippen LogP contribution is -2.35. The summed E-state index contributed by atoms with van der Waals surface area (Å²) in [7, 11) is 0. The first-order chi connectivity index (χ1) is 11.2. The normalized spacial score (nSPS) is 25.4. The number of hydrogen-bond acceptors (Lipinski definition) is 4. The van der Waals surface area contributed by atoms with Gasteiger partial charge in [0.1, 0.15) is 11.3 Å². The van der Waals surface area contributed by atoms with Gasteiger partial charge >= 0.3 is 0 Å². The molecular formula is C18H22ClN3O2. The van der Waals surface area contributed by atoms with Crippen molar-refractivity contribution < 1.29 is 9.32 Å². The van der Waals surface area contributed by atoms with Gasteiger partial charge in [-0.25, -0.2) is 0 Å². The van der Waals surface area contributed by atoms with Crippen LogP contribution in [-0.2, 0) is 0 Å². The van der Waals surface area contributed by atoms with Gasteiger partial charge in [-0.05, 0) is 25.3 Å². The van der Waals surface area contributed by atoms with Crippen molar-refractivity contribution in [2.75, 3.05) is 19.6 Å². The first-order valence-electron chi connectivity index (χ1n) is 8.16. The van der Waals surface area contributed by atoms with E-state index in [4.69, 9.17) is 4.52 Å². The summed E-state index contributed by atoms with van der Waals surface area (Å²) in [6.45, 7) is 6.39. The van der Waals surface area contributed by atoms with E-state index < -0.39 is 0 Å². The number of likely N-dealkylation sites (tertiary alicyclic amines) is 1. The molecule has 0 saturated carbocycles. The lowest BCUT2D eigenvalue weighted by atomic mass is 9.89. The van der Waals surface area contributed by atoms with Gasteiger partial charge in [-0.3, -0.25) is 4.79 Å². The molecule has 3 atom stereocenters. The van der Waals surface area contributed by atoms with Crippen molar-refractivity contribution in [2.45, 2.75) is 19.9 Å². The number of amides is 1. The van der Waals surface area contributed by atoms with Crippen LogP contribution >= 0.6 is 12.4 Å². The predicted octanol–water partition coefficient (Wildman–Crippen LogP) is 2.75. The van der Waals surface area contributed by atoms with E-state index in [2.05, 4.69) is 22.6 Å². The van der Waals surface area contributed by atoms with Crippen molar-refractivity contribution >= 4 is 18.3 Å². The average molecular weight is 348 g/mol. The van der Waals surface area contributed by atoms with Crippen LogP contribution < -0.4 is 5.32 Å². The lowest BCUT2D eigenvalue weighted by molar-refractivity contribution is 0.0711. The Morgan fingerprint density at radius 3 is 2.67 bits per heavy atom. The van der Waals surface area contributed by atoms with Crippen LogP contribution in [0.2, 0.25) is 0 Å². The molecule has 1 aromatic carbocycles. The zero-order chi connectivity index (χ0) is 16.0. The van der Waals surface area contributed by atoms with E-state index in [1.807, 2.05) is 36.9 Å². The molecule has 0 bridgehead atoms. The molecule has 2 fully saturated rings. The van der Waals surface area contributed by atoms with Crippen LogP contribution in [0.4, 0.5) is 0 Å². The number of carbonyl (C=O) groups is 1. The highest BCUT2D eigenvalue weighted by Gasteiger charge is 2.47. The Bertz CT molecular complexity index is 712. The Balaban J connectivity index is 0.00000169. The molecule has 0 radical (unpaired) electrons. The summed E-state index contributed by atoms with van der Waals surface area (Å²) in [6, 6.07) is 10.5. The molecule has 2 saturated heterocycles. The number of fused-ring (bicyclic) bond motifs is 1. The smallest absolute Gasteiger partial charge is 0.259 e. The van der Waals surface area contributed by atoms with Gasteiger partial charge in [-0.1, -0.05) is 35.5 Å². The fourth-order valence-corrected chi connectivity index (χ4v) is 4.14. The number of benzene rings is 1. The van der Waals surface area contributed by atoms with Gasteiger partial charge < -0.3 is 14.7 Å². The van der Waals surface area contributed by atoms with E-state index in [1.165, 1.54) is 5.56 Å². The van der Waals surface area contributed by atoms with Gasteiger partial charge in [-0.15, -0.1) is 12.4 Å². The number of rotatable bonds is 2. The second-order valence-corrected chi connectivity index (χ2v) is 6.59. The zero-order valence-electron chi connectivity index (χ0n) is 13.9. The molecule has 1 aromatic heterocycles. The second-order valence-electron chi connectivity index (χ2n) is 6.59. The van der Waals surface area contributed by atoms with Crippen molar-refractivity contribution in [3.05, 3.63) is 52.9 Å². The molecule has 4 rings (SSSR count). The van der Waals surface area contributed by atoms with Crippen molar-refractivity contribution in [3.63, 3.8) is 0 Å². The van der Waals surface area contributed by atoms with E-state index in [9.17, 15) is 4.79 Å². The van der Waals surface area contributed by atoms with Crippen LogP contribution in [0, 0.1) is 25.7 Å². The Kier molecular flexibility index (Phi) is 4.65. The SMILES string of the molecule is Cc1noc(C)c1C(=O)N1C[C@@H]2CNC[C@@H]2[C@H]1c1ccccc1.Cl. The fraction of sp³-hybridized carbons (Fsp3) is 0.444. The summed E-state index contributed by atoms with van der Waals surface area (Å²) in [5.74, 6) is 1.64. The monoisotopic (exact) mass is 347 g/mol. The third kappa shape index (κ3) is 2.62. The van der Waals surface area contributed by atoms with Gasteiger partial charge in [0.05, 0.1) is 11.7 Å². The Hall–Kier alpha value is -1.85. The Morgan fingerprint density at radius 2 is 2.00 bits per heavy atom. The largest absolute Gasteiger partial charge is 0.361 e. The molecule has 24 heavy (non-hydrogen) atoms. The van der Waals surface area contributed by atoms with Crippen LogP contribution in [0.25, 0.3) is 0 Å². The van der Waals surface area contributed by atoms with Gasteiger partial charge in [0, 0.05) is 25.6 Å². The number of hydrogen-bond donors (Lipinski definition) is 1. The minimum atomic E-state index is 0. The molecule has 2 aliphatic rings. The molecule has 0 unspecified atom stereocenters. The van der Waals surface area contributed by atoms with Gasteiger partial charge in [0.15, 0.2) is 0 Å². The first kappa shape index (κ1) is 17.0. The predicted molar refractivity (Wildman–Crippen MR) is 93.3 cm³/mol. The van der Waals surface area contributed by atoms with Gasteiger partial charge in [0.25, 0.3) is 5.91 Å². The Morgan fingerprint density at radius 1 is 1.25 bits per heavy atom. The van der Waals surface area contributed by atoms with Crippen LogP contribution in [0.3, 0.4) is 0 Å². The minimum Gasteiger partial charge on any atom is -0.361 e. The molecule has 2 aliphatic heterocycles. The standard InChI is InChI=1S/C18H21N3O2.ClH/c1-11-16(12(2)23-20-11)18(22)21-10-14-8-19-9-15(14)17(21)13-6-4-3-5-7-13;/h3-7,14-15,17,19H,8-10H2,1-2H3;1H/t14-,15-,17+;/m0./s1. The maximum atomic E-state index is 13.2. The maximum absolute atomic E-state index is 13.2. The highest BCUT2D eigenvalue weighted by atomic mass is 35.5. The number of nitrogens with one attached hydrogen (secondary N) is 1. The first-order valence-corrected chi connectivity index (χ1v) is 8.16. The van der Waals surface area contributed by atoms with E-state index in [1.54, 1.807) is 0 Å².